The van der Waals surface area contributed by atoms with Crippen LogP contribution in [0.4, 0.5) is 5.69 Å². The van der Waals surface area contributed by atoms with E-state index >= 15 is 0 Å². The van der Waals surface area contributed by atoms with Gasteiger partial charge in [-0.05, 0) is 18.8 Å². The summed E-state index contributed by atoms with van der Waals surface area (Å²) in [6.07, 6.45) is 3.40. The van der Waals surface area contributed by atoms with Gasteiger partial charge in [-0.3, -0.25) is 9.59 Å². The Morgan fingerprint density at radius 1 is 1.50 bits per heavy atom. The minimum absolute atomic E-state index is 0.149. The lowest BCUT2D eigenvalue weighted by molar-refractivity contribution is -0.118. The van der Waals surface area contributed by atoms with E-state index in [0.717, 1.165) is 6.42 Å². The average Bonchev–Trinajstić information content (AvgIpc) is 2.36. The molecule has 0 aliphatic heterocycles. The molecule has 0 fully saturated rings. The molecule has 1 aromatic heterocycles. The molecule has 7 heteroatoms. The lowest BCUT2D eigenvalue weighted by Crippen LogP contribution is -2.26. The van der Waals surface area contributed by atoms with Crippen molar-refractivity contribution in [2.45, 2.75) is 39.7 Å². The number of unbranched alkanes of at least 4 members (excludes halogenated alkanes) is 1. The number of rotatable bonds is 8. The van der Waals surface area contributed by atoms with Crippen LogP contribution in [0.2, 0.25) is 5.02 Å². The highest BCUT2D eigenvalue weighted by molar-refractivity contribution is 6.32. The van der Waals surface area contributed by atoms with E-state index in [0.29, 0.717) is 37.5 Å². The van der Waals surface area contributed by atoms with Gasteiger partial charge in [-0.2, -0.15) is 5.10 Å². The molecule has 0 saturated carbocycles. The van der Waals surface area contributed by atoms with E-state index in [1.165, 1.54) is 4.68 Å². The Bertz CT molecular complexity index is 514. The number of nitrogens with two attached hydrogens (primary N) is 1. The van der Waals surface area contributed by atoms with Crippen molar-refractivity contribution < 1.29 is 4.79 Å². The number of primary amides is 1. The van der Waals surface area contributed by atoms with Gasteiger partial charge in [0.15, 0.2) is 0 Å². The number of halogens is 1. The summed E-state index contributed by atoms with van der Waals surface area (Å²) in [6, 6.07) is 0. The molecular weight excluding hydrogens is 280 g/mol. The molecule has 0 aliphatic rings. The summed E-state index contributed by atoms with van der Waals surface area (Å²) in [7, 11) is 0. The molecule has 3 N–H and O–H groups in total. The fourth-order valence-electron chi connectivity index (χ4n) is 1.71. The first kappa shape index (κ1) is 16.5. The minimum atomic E-state index is -0.305. The van der Waals surface area contributed by atoms with Crippen molar-refractivity contribution >= 4 is 23.2 Å². The first-order chi connectivity index (χ1) is 9.41. The van der Waals surface area contributed by atoms with E-state index in [1.807, 2.05) is 13.8 Å². The molecule has 0 unspecified atom stereocenters. The molecule has 0 aromatic carbocycles. The van der Waals surface area contributed by atoms with Gasteiger partial charge in [0, 0.05) is 19.5 Å². The van der Waals surface area contributed by atoms with E-state index in [1.54, 1.807) is 6.20 Å². The largest absolute Gasteiger partial charge is 0.382 e. The lowest BCUT2D eigenvalue weighted by atomic mass is 10.2. The van der Waals surface area contributed by atoms with E-state index < -0.39 is 0 Å². The Kier molecular flexibility index (Phi) is 6.51. The van der Waals surface area contributed by atoms with Gasteiger partial charge in [0.05, 0.1) is 11.9 Å². The van der Waals surface area contributed by atoms with Gasteiger partial charge < -0.3 is 11.1 Å². The molecule has 0 atom stereocenters. The van der Waals surface area contributed by atoms with Crippen LogP contribution >= 0.6 is 11.6 Å². The average molecular weight is 301 g/mol. The minimum Gasteiger partial charge on any atom is -0.382 e. The number of aromatic nitrogens is 2. The van der Waals surface area contributed by atoms with Crippen LogP contribution in [0.3, 0.4) is 0 Å². The Labute approximate surface area is 123 Å². The monoisotopic (exact) mass is 300 g/mol. The number of anilines is 1. The Morgan fingerprint density at radius 3 is 2.80 bits per heavy atom. The molecule has 1 amide bonds. The highest BCUT2D eigenvalue weighted by Gasteiger charge is 2.09. The van der Waals surface area contributed by atoms with Crippen molar-refractivity contribution in [3.05, 3.63) is 21.6 Å². The number of hydrogen-bond donors (Lipinski definition) is 2. The van der Waals surface area contributed by atoms with E-state index in [2.05, 4.69) is 10.4 Å². The summed E-state index contributed by atoms with van der Waals surface area (Å²) in [4.78, 5) is 22.6. The van der Waals surface area contributed by atoms with Crippen LogP contribution in [0.1, 0.15) is 33.1 Å². The number of amides is 1. The molecule has 112 valence electrons. The standard InChI is InChI=1S/C13H21ClN4O2/c1-9(2)8-18-13(20)12(14)10(7-17-18)16-6-4-3-5-11(15)19/h7,9,16H,3-6,8H2,1-2H3,(H2,15,19). The zero-order valence-corrected chi connectivity index (χ0v) is 12.6. The smallest absolute Gasteiger partial charge is 0.287 e. The second kappa shape index (κ2) is 7.89. The van der Waals surface area contributed by atoms with Crippen LogP contribution in [0.25, 0.3) is 0 Å². The van der Waals surface area contributed by atoms with Crippen LogP contribution in [0.15, 0.2) is 11.0 Å². The summed E-state index contributed by atoms with van der Waals surface area (Å²) < 4.78 is 1.37. The van der Waals surface area contributed by atoms with E-state index in [9.17, 15) is 9.59 Å². The number of hydrogen-bond acceptors (Lipinski definition) is 4. The first-order valence-corrected chi connectivity index (χ1v) is 7.07. The van der Waals surface area contributed by atoms with Crippen LogP contribution in [0, 0.1) is 5.92 Å². The highest BCUT2D eigenvalue weighted by atomic mass is 35.5. The molecule has 0 saturated heterocycles. The van der Waals surface area contributed by atoms with Crippen molar-refractivity contribution in [1.82, 2.24) is 9.78 Å². The zero-order valence-electron chi connectivity index (χ0n) is 11.9. The molecule has 0 spiro atoms. The third kappa shape index (κ3) is 5.21. The molecule has 0 radical (unpaired) electrons. The van der Waals surface area contributed by atoms with E-state index in [4.69, 9.17) is 17.3 Å². The van der Waals surface area contributed by atoms with Gasteiger partial charge in [0.2, 0.25) is 5.91 Å². The van der Waals surface area contributed by atoms with Gasteiger partial charge in [-0.25, -0.2) is 4.68 Å². The zero-order chi connectivity index (χ0) is 15.1. The van der Waals surface area contributed by atoms with Crippen LogP contribution in [-0.2, 0) is 11.3 Å². The van der Waals surface area contributed by atoms with Gasteiger partial charge in [0.1, 0.15) is 5.02 Å². The quantitative estimate of drug-likeness (QED) is 0.714. The Hall–Kier alpha value is -1.56. The molecule has 20 heavy (non-hydrogen) atoms. The molecule has 1 rings (SSSR count). The molecule has 1 aromatic rings. The molecule has 0 bridgehead atoms. The van der Waals surface area contributed by atoms with Gasteiger partial charge in [-0.15, -0.1) is 0 Å². The fourth-order valence-corrected chi connectivity index (χ4v) is 1.92. The maximum Gasteiger partial charge on any atom is 0.287 e. The van der Waals surface area contributed by atoms with Crippen LogP contribution in [0.5, 0.6) is 0 Å². The highest BCUT2D eigenvalue weighted by Crippen LogP contribution is 2.15. The first-order valence-electron chi connectivity index (χ1n) is 6.69. The van der Waals surface area contributed by atoms with Crippen LogP contribution < -0.4 is 16.6 Å². The van der Waals surface area contributed by atoms with Crippen molar-refractivity contribution in [3.8, 4) is 0 Å². The summed E-state index contributed by atoms with van der Waals surface area (Å²) >= 11 is 6.04. The molecule has 6 nitrogen and oxygen atoms in total. The van der Waals surface area contributed by atoms with Crippen molar-refractivity contribution in [3.63, 3.8) is 0 Å². The topological polar surface area (TPSA) is 90.0 Å². The van der Waals surface area contributed by atoms with Crippen molar-refractivity contribution in [2.75, 3.05) is 11.9 Å². The SMILES string of the molecule is CC(C)Cn1ncc(NCCCCC(N)=O)c(Cl)c1=O. The van der Waals surface area contributed by atoms with Crippen LogP contribution in [-0.4, -0.2) is 22.2 Å². The predicted octanol–water partition coefficient (Wildman–Crippen LogP) is 1.62. The fraction of sp³-hybridized carbons (Fsp3) is 0.615. The maximum absolute atomic E-state index is 12.0. The molecule has 0 aliphatic carbocycles. The maximum atomic E-state index is 12.0. The summed E-state index contributed by atoms with van der Waals surface area (Å²) in [6.45, 7) is 5.17. The summed E-state index contributed by atoms with van der Waals surface area (Å²) in [5.74, 6) is 0.0184. The van der Waals surface area contributed by atoms with E-state index in [-0.39, 0.29) is 16.5 Å². The summed E-state index contributed by atoms with van der Waals surface area (Å²) in [5, 5.41) is 7.29. The number of carbonyl (C=O) groups excluding carboxylic acids is 1. The van der Waals surface area contributed by atoms with Gasteiger partial charge in [-0.1, -0.05) is 25.4 Å². The number of nitrogens with zero attached hydrogens (tertiary/aromatic N) is 2. The summed E-state index contributed by atoms with van der Waals surface area (Å²) in [5.41, 5.74) is 5.29. The number of nitrogens with one attached hydrogen (secondary N) is 1. The van der Waals surface area contributed by atoms with Gasteiger partial charge in [0.25, 0.3) is 5.56 Å². The second-order valence-corrected chi connectivity index (χ2v) is 5.48. The third-order valence-corrected chi connectivity index (χ3v) is 3.05. The van der Waals surface area contributed by atoms with Gasteiger partial charge >= 0.3 is 0 Å². The Morgan fingerprint density at radius 2 is 2.20 bits per heavy atom. The normalized spacial score (nSPS) is 10.8. The number of carbonyl (C=O) groups is 1. The van der Waals surface area contributed by atoms with Crippen molar-refractivity contribution in [1.29, 1.82) is 0 Å². The molecule has 1 heterocycles. The Balaban J connectivity index is 2.57. The van der Waals surface area contributed by atoms with Crippen molar-refractivity contribution in [2.24, 2.45) is 11.7 Å². The lowest BCUT2D eigenvalue weighted by Gasteiger charge is -2.11. The third-order valence-electron chi connectivity index (χ3n) is 2.69. The molecular formula is C13H21ClN4O2. The predicted molar refractivity (Wildman–Crippen MR) is 79.9 cm³/mol. The second-order valence-electron chi connectivity index (χ2n) is 5.10.